The highest BCUT2D eigenvalue weighted by Crippen LogP contribution is 2.37. The third-order valence-electron chi connectivity index (χ3n) is 6.45. The average Bonchev–Trinajstić information content (AvgIpc) is 3.47. The summed E-state index contributed by atoms with van der Waals surface area (Å²) in [7, 11) is 0.864. The van der Waals surface area contributed by atoms with Gasteiger partial charge in [0.15, 0.2) is 10.8 Å². The Morgan fingerprint density at radius 3 is 2.15 bits per heavy atom. The summed E-state index contributed by atoms with van der Waals surface area (Å²) in [4.78, 5) is 16.6. The normalized spacial score (nSPS) is 11.6. The molecule has 2 heterocycles. The predicted molar refractivity (Wildman–Crippen MR) is 156 cm³/mol. The number of benzene rings is 2. The molecule has 12 nitrogen and oxygen atoms in total. The molecule has 4 aromatic rings. The standard InChI is InChI=1S/C28H37N5O7S/c1-5-11-38-20-13-21(39-12-9-7-6-8-10-34)15-22(14-20)40-26-17-25-24(32(3)28(35)33(25)4)16-23(26)30-41(36,37)27-18-31(2)19-29-27/h13-19,30,34H,5-12H2,1-4H3. The lowest BCUT2D eigenvalue weighted by Gasteiger charge is -2.16. The fourth-order valence-corrected chi connectivity index (χ4v) is 5.33. The lowest BCUT2D eigenvalue weighted by Crippen LogP contribution is -2.19. The van der Waals surface area contributed by atoms with Crippen LogP contribution in [-0.2, 0) is 31.2 Å². The molecular formula is C28H37N5O7S. The number of sulfonamides is 1. The first-order valence-corrected chi connectivity index (χ1v) is 15.0. The molecule has 0 radical (unpaired) electrons. The first-order valence-electron chi connectivity index (χ1n) is 13.5. The number of imidazole rings is 2. The summed E-state index contributed by atoms with van der Waals surface area (Å²) < 4.78 is 51.5. The van der Waals surface area contributed by atoms with Crippen molar-refractivity contribution in [3.63, 3.8) is 0 Å². The van der Waals surface area contributed by atoms with Crippen LogP contribution in [0.5, 0.6) is 23.0 Å². The molecule has 0 aliphatic carbocycles. The number of aromatic nitrogens is 4. The Hall–Kier alpha value is -3.97. The Morgan fingerprint density at radius 2 is 1.51 bits per heavy atom. The summed E-state index contributed by atoms with van der Waals surface area (Å²) in [6, 6.07) is 8.37. The quantitative estimate of drug-likeness (QED) is 0.200. The van der Waals surface area contributed by atoms with Crippen LogP contribution in [-0.4, -0.2) is 52.0 Å². The van der Waals surface area contributed by atoms with Gasteiger partial charge in [0.2, 0.25) is 0 Å². The zero-order chi connectivity index (χ0) is 29.6. The first-order chi connectivity index (χ1) is 19.6. The van der Waals surface area contributed by atoms with Gasteiger partial charge in [-0.15, -0.1) is 0 Å². The molecule has 2 aromatic heterocycles. The monoisotopic (exact) mass is 587 g/mol. The highest BCUT2D eigenvalue weighted by atomic mass is 32.2. The number of fused-ring (bicyclic) bond motifs is 1. The Labute approximate surface area is 239 Å². The van der Waals surface area contributed by atoms with Crippen molar-refractivity contribution in [2.45, 2.75) is 44.1 Å². The maximum atomic E-state index is 13.2. The van der Waals surface area contributed by atoms with Crippen LogP contribution in [0.15, 0.2) is 52.7 Å². The van der Waals surface area contributed by atoms with Gasteiger partial charge in [0.05, 0.1) is 36.3 Å². The number of unbranched alkanes of at least 4 members (excludes halogenated alkanes) is 3. The van der Waals surface area contributed by atoms with E-state index in [0.29, 0.717) is 41.5 Å². The largest absolute Gasteiger partial charge is 0.493 e. The minimum atomic E-state index is -4.06. The number of anilines is 1. The Balaban J connectivity index is 1.70. The summed E-state index contributed by atoms with van der Waals surface area (Å²) in [5.41, 5.74) is 0.954. The van der Waals surface area contributed by atoms with Crippen molar-refractivity contribution in [1.82, 2.24) is 18.7 Å². The second kappa shape index (κ2) is 13.1. The molecule has 0 saturated heterocycles. The molecule has 2 aromatic carbocycles. The van der Waals surface area contributed by atoms with Gasteiger partial charge in [-0.05, 0) is 31.7 Å². The van der Waals surface area contributed by atoms with Crippen molar-refractivity contribution < 1.29 is 27.7 Å². The van der Waals surface area contributed by atoms with Gasteiger partial charge in [-0.1, -0.05) is 13.3 Å². The molecule has 0 unspecified atom stereocenters. The van der Waals surface area contributed by atoms with Gasteiger partial charge >= 0.3 is 5.69 Å². The molecular weight excluding hydrogens is 550 g/mol. The van der Waals surface area contributed by atoms with E-state index in [2.05, 4.69) is 9.71 Å². The number of nitrogens with one attached hydrogen (secondary N) is 1. The lowest BCUT2D eigenvalue weighted by molar-refractivity contribution is 0.271. The smallest absolute Gasteiger partial charge is 0.328 e. The van der Waals surface area contributed by atoms with Crippen LogP contribution in [0.4, 0.5) is 5.69 Å². The SMILES string of the molecule is CCCOc1cc(OCCCCCCO)cc(Oc2cc3c(cc2NS(=O)(=O)c2cn(C)cn2)n(C)c(=O)n3C)c1. The molecule has 0 atom stereocenters. The summed E-state index contributed by atoms with van der Waals surface area (Å²) in [5.74, 6) is 1.64. The summed E-state index contributed by atoms with van der Waals surface area (Å²) >= 11 is 0. The summed E-state index contributed by atoms with van der Waals surface area (Å²) in [6.07, 6.45) is 7.05. The molecule has 0 spiro atoms. The van der Waals surface area contributed by atoms with Crippen LogP contribution < -0.4 is 24.6 Å². The van der Waals surface area contributed by atoms with E-state index in [1.165, 1.54) is 26.2 Å². The van der Waals surface area contributed by atoms with Crippen LogP contribution in [0.1, 0.15) is 39.0 Å². The third kappa shape index (κ3) is 7.22. The number of aliphatic hydroxyl groups is 1. The van der Waals surface area contributed by atoms with Crippen LogP contribution in [0.2, 0.25) is 0 Å². The van der Waals surface area contributed by atoms with Gasteiger partial charge in [0, 0.05) is 58.2 Å². The zero-order valence-electron chi connectivity index (χ0n) is 23.8. The molecule has 13 heteroatoms. The second-order valence-electron chi connectivity index (χ2n) is 9.80. The van der Waals surface area contributed by atoms with E-state index in [-0.39, 0.29) is 28.8 Å². The maximum absolute atomic E-state index is 13.2. The van der Waals surface area contributed by atoms with E-state index < -0.39 is 10.0 Å². The van der Waals surface area contributed by atoms with Crippen LogP contribution in [0, 0.1) is 0 Å². The fraction of sp³-hybridized carbons (Fsp3) is 0.429. The van der Waals surface area contributed by atoms with Crippen LogP contribution in [0.3, 0.4) is 0 Å². The highest BCUT2D eigenvalue weighted by molar-refractivity contribution is 7.92. The van der Waals surface area contributed by atoms with Gasteiger partial charge in [0.25, 0.3) is 10.0 Å². The fourth-order valence-electron chi connectivity index (χ4n) is 4.29. The van der Waals surface area contributed by atoms with Crippen LogP contribution in [0.25, 0.3) is 11.0 Å². The average molecular weight is 588 g/mol. The van der Waals surface area contributed by atoms with Crippen molar-refractivity contribution in [3.8, 4) is 23.0 Å². The van der Waals surface area contributed by atoms with Gasteiger partial charge in [-0.25, -0.2) is 9.78 Å². The molecule has 0 fully saturated rings. The van der Waals surface area contributed by atoms with Crippen LogP contribution >= 0.6 is 0 Å². The summed E-state index contributed by atoms with van der Waals surface area (Å²) in [5, 5.41) is 8.81. The van der Waals surface area contributed by atoms with E-state index in [1.807, 2.05) is 6.92 Å². The van der Waals surface area contributed by atoms with Gasteiger partial charge in [0.1, 0.15) is 17.2 Å². The molecule has 0 bridgehead atoms. The van der Waals surface area contributed by atoms with E-state index in [0.717, 1.165) is 32.1 Å². The number of ether oxygens (including phenoxy) is 3. The Bertz CT molecular complexity index is 1660. The maximum Gasteiger partial charge on any atom is 0.328 e. The van der Waals surface area contributed by atoms with Crippen molar-refractivity contribution >= 4 is 26.7 Å². The van der Waals surface area contributed by atoms with E-state index in [9.17, 15) is 13.2 Å². The highest BCUT2D eigenvalue weighted by Gasteiger charge is 2.22. The van der Waals surface area contributed by atoms with Crippen molar-refractivity contribution in [2.24, 2.45) is 21.1 Å². The van der Waals surface area contributed by atoms with Gasteiger partial charge in [-0.3, -0.25) is 13.9 Å². The lowest BCUT2D eigenvalue weighted by atomic mass is 10.2. The zero-order valence-corrected chi connectivity index (χ0v) is 24.6. The number of hydrogen-bond acceptors (Lipinski definition) is 8. The molecule has 222 valence electrons. The van der Waals surface area contributed by atoms with Crippen molar-refractivity contribution in [3.05, 3.63) is 53.3 Å². The second-order valence-corrected chi connectivity index (χ2v) is 11.4. The van der Waals surface area contributed by atoms with Gasteiger partial charge < -0.3 is 23.9 Å². The van der Waals surface area contributed by atoms with Crippen molar-refractivity contribution in [1.29, 1.82) is 0 Å². The van der Waals surface area contributed by atoms with E-state index in [4.69, 9.17) is 19.3 Å². The number of aliphatic hydroxyl groups excluding tert-OH is 1. The van der Waals surface area contributed by atoms with E-state index >= 15 is 0 Å². The van der Waals surface area contributed by atoms with E-state index in [1.54, 1.807) is 51.5 Å². The minimum absolute atomic E-state index is 0.135. The molecule has 2 N–H and O–H groups in total. The molecule has 41 heavy (non-hydrogen) atoms. The topological polar surface area (TPSA) is 139 Å². The number of nitrogens with zero attached hydrogens (tertiary/aromatic N) is 4. The van der Waals surface area contributed by atoms with Gasteiger partial charge in [-0.2, -0.15) is 8.42 Å². The van der Waals surface area contributed by atoms with Crippen molar-refractivity contribution in [2.75, 3.05) is 24.5 Å². The number of aryl methyl sites for hydroxylation is 3. The molecule has 0 aliphatic heterocycles. The predicted octanol–water partition coefficient (Wildman–Crippen LogP) is 3.92. The first kappa shape index (κ1) is 30.0. The molecule has 4 rings (SSSR count). The minimum Gasteiger partial charge on any atom is -0.493 e. The summed E-state index contributed by atoms with van der Waals surface area (Å²) in [6.45, 7) is 3.16. The Morgan fingerprint density at radius 1 is 0.878 bits per heavy atom. The molecule has 0 saturated carbocycles. The molecule has 0 amide bonds. The molecule has 0 aliphatic rings. The third-order valence-corrected chi connectivity index (χ3v) is 7.70. The Kier molecular flexibility index (Phi) is 9.61. The number of hydrogen-bond donors (Lipinski definition) is 2. The number of rotatable bonds is 15.